The van der Waals surface area contributed by atoms with Crippen LogP contribution in [0.4, 0.5) is 0 Å². The Morgan fingerprint density at radius 2 is 2.60 bits per heavy atom. The predicted octanol–water partition coefficient (Wildman–Crippen LogP) is 1.05. The van der Waals surface area contributed by atoms with E-state index in [1.165, 1.54) is 23.3 Å². The van der Waals surface area contributed by atoms with Crippen LogP contribution in [0.1, 0.15) is 5.82 Å². The Balaban J connectivity index is 2.49. The number of thioether (sulfide) groups is 1. The van der Waals surface area contributed by atoms with Crippen LogP contribution in [0.15, 0.2) is 4.34 Å². The standard InChI is InChI=1S/C5H5N2OS2/c1-4-6-5(10-7-4)9-3-2-8/h3H2,1H3. The molecule has 1 heterocycles. The predicted molar refractivity (Wildman–Crippen MR) is 41.1 cm³/mol. The number of hydrogen-bond acceptors (Lipinski definition) is 5. The molecule has 53 valence electrons. The highest BCUT2D eigenvalue weighted by Crippen LogP contribution is 2.18. The molecule has 1 aromatic rings. The van der Waals surface area contributed by atoms with E-state index >= 15 is 0 Å². The van der Waals surface area contributed by atoms with E-state index in [1.807, 2.05) is 6.92 Å². The first-order chi connectivity index (χ1) is 4.83. The Bertz CT molecular complexity index is 223. The molecule has 0 saturated carbocycles. The minimum atomic E-state index is 0.342. The summed E-state index contributed by atoms with van der Waals surface area (Å²) in [6.45, 7) is 1.82. The Morgan fingerprint density at radius 3 is 3.10 bits per heavy atom. The lowest BCUT2D eigenvalue weighted by atomic mass is 10.8. The molecule has 0 fully saturated rings. The second kappa shape index (κ2) is 3.68. The Morgan fingerprint density at radius 1 is 1.80 bits per heavy atom. The van der Waals surface area contributed by atoms with Crippen molar-refractivity contribution in [3.63, 3.8) is 0 Å². The van der Waals surface area contributed by atoms with E-state index in [0.29, 0.717) is 5.75 Å². The van der Waals surface area contributed by atoms with E-state index in [4.69, 9.17) is 0 Å². The lowest BCUT2D eigenvalue weighted by molar-refractivity contribution is 0.560. The maximum Gasteiger partial charge on any atom is 0.209 e. The van der Waals surface area contributed by atoms with Gasteiger partial charge in [0, 0.05) is 0 Å². The average molecular weight is 173 g/mol. The third-order valence-electron chi connectivity index (χ3n) is 0.764. The molecule has 0 N–H and O–H groups in total. The number of nitrogens with zero attached hydrogens (tertiary/aromatic N) is 2. The van der Waals surface area contributed by atoms with E-state index in [1.54, 1.807) is 6.29 Å². The third-order valence-corrected chi connectivity index (χ3v) is 2.54. The third kappa shape index (κ3) is 2.07. The second-order valence-corrected chi connectivity index (χ2v) is 3.51. The van der Waals surface area contributed by atoms with Crippen LogP contribution in [0.5, 0.6) is 0 Å². The average Bonchev–Trinajstić information content (AvgIpc) is 2.31. The summed E-state index contributed by atoms with van der Waals surface area (Å²) in [6.07, 6.45) is 1.78. The molecule has 5 heteroatoms. The van der Waals surface area contributed by atoms with E-state index < -0.39 is 0 Å². The second-order valence-electron chi connectivity index (χ2n) is 1.54. The van der Waals surface area contributed by atoms with Crippen LogP contribution >= 0.6 is 23.3 Å². The summed E-state index contributed by atoms with van der Waals surface area (Å²) < 4.78 is 4.78. The molecule has 1 radical (unpaired) electrons. The van der Waals surface area contributed by atoms with Gasteiger partial charge in [0.2, 0.25) is 6.29 Å². The first-order valence-corrected chi connectivity index (χ1v) is 4.37. The maximum absolute atomic E-state index is 9.80. The highest BCUT2D eigenvalue weighted by molar-refractivity contribution is 8.01. The lowest BCUT2D eigenvalue weighted by Gasteiger charge is -1.82. The number of carbonyl (C=O) groups excluding carboxylic acids is 1. The Hall–Kier alpha value is -0.420. The van der Waals surface area contributed by atoms with Crippen LogP contribution in [-0.4, -0.2) is 21.4 Å². The van der Waals surface area contributed by atoms with Crippen molar-refractivity contribution < 1.29 is 4.79 Å². The summed E-state index contributed by atoms with van der Waals surface area (Å²) in [6, 6.07) is 0. The maximum atomic E-state index is 9.80. The van der Waals surface area contributed by atoms with Gasteiger partial charge in [-0.05, 0) is 18.5 Å². The van der Waals surface area contributed by atoms with Crippen molar-refractivity contribution in [3.8, 4) is 0 Å². The van der Waals surface area contributed by atoms with Gasteiger partial charge in [0.25, 0.3) is 0 Å². The monoisotopic (exact) mass is 173 g/mol. The molecule has 0 atom stereocenters. The zero-order valence-electron chi connectivity index (χ0n) is 5.33. The molecule has 0 spiro atoms. The van der Waals surface area contributed by atoms with Gasteiger partial charge < -0.3 is 0 Å². The van der Waals surface area contributed by atoms with Crippen molar-refractivity contribution >= 4 is 29.6 Å². The summed E-state index contributed by atoms with van der Waals surface area (Å²) in [4.78, 5) is 13.8. The molecule has 0 bridgehead atoms. The minimum absolute atomic E-state index is 0.342. The van der Waals surface area contributed by atoms with Gasteiger partial charge in [-0.2, -0.15) is 4.37 Å². The summed E-state index contributed by atoms with van der Waals surface area (Å²) in [5.74, 6) is 1.10. The Kier molecular flexibility index (Phi) is 2.82. The minimum Gasteiger partial charge on any atom is -0.290 e. The van der Waals surface area contributed by atoms with Crippen molar-refractivity contribution in [2.45, 2.75) is 11.3 Å². The molecule has 0 aromatic carbocycles. The van der Waals surface area contributed by atoms with Gasteiger partial charge in [-0.1, -0.05) is 11.8 Å². The fourth-order valence-corrected chi connectivity index (χ4v) is 1.73. The largest absolute Gasteiger partial charge is 0.290 e. The van der Waals surface area contributed by atoms with Gasteiger partial charge in [-0.3, -0.25) is 4.79 Å². The van der Waals surface area contributed by atoms with E-state index in [9.17, 15) is 4.79 Å². The first-order valence-electron chi connectivity index (χ1n) is 2.61. The molecule has 0 saturated heterocycles. The van der Waals surface area contributed by atoms with Crippen molar-refractivity contribution in [2.75, 3.05) is 5.75 Å². The molecular formula is C5H5N2OS2. The van der Waals surface area contributed by atoms with E-state index in [-0.39, 0.29) is 0 Å². The molecule has 1 aromatic heterocycles. The molecule has 0 aliphatic rings. The molecule has 0 aliphatic heterocycles. The van der Waals surface area contributed by atoms with Crippen LogP contribution in [0.25, 0.3) is 0 Å². The van der Waals surface area contributed by atoms with Crippen LogP contribution in [-0.2, 0) is 4.79 Å². The van der Waals surface area contributed by atoms with Crippen LogP contribution in [0.3, 0.4) is 0 Å². The molecule has 1 rings (SSSR count). The van der Waals surface area contributed by atoms with Crippen LogP contribution < -0.4 is 0 Å². The summed E-state index contributed by atoms with van der Waals surface area (Å²) in [5, 5.41) is 0. The van der Waals surface area contributed by atoms with Gasteiger partial charge >= 0.3 is 0 Å². The van der Waals surface area contributed by atoms with E-state index in [2.05, 4.69) is 9.36 Å². The number of aryl methyl sites for hydroxylation is 1. The Labute approximate surface area is 67.0 Å². The normalized spacial score (nSPS) is 9.70. The zero-order valence-corrected chi connectivity index (χ0v) is 6.96. The van der Waals surface area contributed by atoms with Crippen molar-refractivity contribution in [1.82, 2.24) is 9.36 Å². The zero-order chi connectivity index (χ0) is 7.40. The number of aromatic nitrogens is 2. The SMILES string of the molecule is Cc1nsc(SC[C]=O)n1. The van der Waals surface area contributed by atoms with Crippen molar-refractivity contribution in [2.24, 2.45) is 0 Å². The molecular weight excluding hydrogens is 168 g/mol. The lowest BCUT2D eigenvalue weighted by Crippen LogP contribution is -1.77. The molecule has 10 heavy (non-hydrogen) atoms. The number of hydrogen-bond donors (Lipinski definition) is 0. The highest BCUT2D eigenvalue weighted by atomic mass is 32.2. The molecule has 0 amide bonds. The first kappa shape index (κ1) is 7.68. The summed E-state index contributed by atoms with van der Waals surface area (Å²) in [7, 11) is 0. The smallest absolute Gasteiger partial charge is 0.209 e. The highest BCUT2D eigenvalue weighted by Gasteiger charge is 1.98. The van der Waals surface area contributed by atoms with E-state index in [0.717, 1.165) is 10.2 Å². The van der Waals surface area contributed by atoms with Crippen molar-refractivity contribution in [3.05, 3.63) is 5.82 Å². The quantitative estimate of drug-likeness (QED) is 0.641. The fraction of sp³-hybridized carbons (Fsp3) is 0.400. The topological polar surface area (TPSA) is 42.9 Å². The van der Waals surface area contributed by atoms with Gasteiger partial charge in [-0.15, -0.1) is 0 Å². The van der Waals surface area contributed by atoms with Crippen LogP contribution in [0, 0.1) is 6.92 Å². The van der Waals surface area contributed by atoms with Crippen LogP contribution in [0.2, 0.25) is 0 Å². The van der Waals surface area contributed by atoms with Gasteiger partial charge in [-0.25, -0.2) is 4.98 Å². The van der Waals surface area contributed by atoms with Gasteiger partial charge in [0.1, 0.15) is 5.82 Å². The molecule has 0 unspecified atom stereocenters. The molecule has 0 aliphatic carbocycles. The van der Waals surface area contributed by atoms with Crippen molar-refractivity contribution in [1.29, 1.82) is 0 Å². The van der Waals surface area contributed by atoms with Gasteiger partial charge in [0.15, 0.2) is 4.34 Å². The fourth-order valence-electron chi connectivity index (χ4n) is 0.428. The number of rotatable bonds is 3. The summed E-state index contributed by atoms with van der Waals surface area (Å²) >= 11 is 2.67. The molecule has 3 nitrogen and oxygen atoms in total. The summed E-state index contributed by atoms with van der Waals surface area (Å²) in [5.41, 5.74) is 0. The van der Waals surface area contributed by atoms with Gasteiger partial charge in [0.05, 0.1) is 5.75 Å².